The maximum Gasteiger partial charge on any atom is 0.335 e. The molecule has 0 bridgehead atoms. The molecule has 1 N–H and O–H groups in total. The maximum absolute atomic E-state index is 13.2. The Kier molecular flexibility index (Phi) is 4.36. The lowest BCUT2D eigenvalue weighted by Gasteiger charge is -2.14. The van der Waals surface area contributed by atoms with Gasteiger partial charge in [-0.1, -0.05) is 24.3 Å². The zero-order chi connectivity index (χ0) is 20.5. The van der Waals surface area contributed by atoms with Crippen molar-refractivity contribution in [3.05, 3.63) is 98.8 Å². The van der Waals surface area contributed by atoms with E-state index < -0.39 is 10.9 Å². The summed E-state index contributed by atoms with van der Waals surface area (Å²) < 4.78 is 1.33. The summed E-state index contributed by atoms with van der Waals surface area (Å²) in [7, 11) is 0. The molecule has 1 heterocycles. The van der Waals surface area contributed by atoms with Crippen LogP contribution in [-0.2, 0) is 0 Å². The van der Waals surface area contributed by atoms with E-state index in [2.05, 4.69) is 4.98 Å². The third kappa shape index (κ3) is 3.23. The average Bonchev–Trinajstić information content (AvgIpc) is 2.74. The molecule has 3 aromatic carbocycles. The Morgan fingerprint density at radius 1 is 1.00 bits per heavy atom. The zero-order valence-corrected chi connectivity index (χ0v) is 14.9. The van der Waals surface area contributed by atoms with E-state index in [-0.39, 0.29) is 22.6 Å². The number of aromatic carboxylic acids is 1. The summed E-state index contributed by atoms with van der Waals surface area (Å²) in [5, 5.41) is 20.7. The highest BCUT2D eigenvalue weighted by atomic mass is 16.6. The first-order valence-corrected chi connectivity index (χ1v) is 8.56. The van der Waals surface area contributed by atoms with Crippen molar-refractivity contribution < 1.29 is 14.8 Å². The highest BCUT2D eigenvalue weighted by Gasteiger charge is 2.17. The van der Waals surface area contributed by atoms with Gasteiger partial charge in [-0.15, -0.1) is 0 Å². The molecule has 0 spiro atoms. The van der Waals surface area contributed by atoms with Gasteiger partial charge in [-0.3, -0.25) is 19.5 Å². The first kappa shape index (κ1) is 18.1. The summed E-state index contributed by atoms with van der Waals surface area (Å²) in [6.45, 7) is 0. The van der Waals surface area contributed by atoms with Gasteiger partial charge in [0, 0.05) is 17.7 Å². The Labute approximate surface area is 163 Å². The molecule has 29 heavy (non-hydrogen) atoms. The van der Waals surface area contributed by atoms with Crippen LogP contribution in [0.15, 0.2) is 77.6 Å². The number of non-ortho nitro benzene ring substituents is 1. The van der Waals surface area contributed by atoms with E-state index in [0.29, 0.717) is 22.2 Å². The lowest BCUT2D eigenvalue weighted by molar-refractivity contribution is -0.384. The molecule has 142 valence electrons. The number of carboxylic acids is 1. The monoisotopic (exact) mass is 387 g/mol. The molecule has 0 aliphatic carbocycles. The fraction of sp³-hybridized carbons (Fsp3) is 0. The molecule has 8 nitrogen and oxygen atoms in total. The van der Waals surface area contributed by atoms with Gasteiger partial charge in [0.25, 0.3) is 11.2 Å². The van der Waals surface area contributed by atoms with Gasteiger partial charge in [0.05, 0.1) is 27.1 Å². The van der Waals surface area contributed by atoms with E-state index in [1.807, 2.05) is 0 Å². The molecule has 0 aliphatic rings. The van der Waals surface area contributed by atoms with Crippen molar-refractivity contribution in [3.63, 3.8) is 0 Å². The van der Waals surface area contributed by atoms with Crippen molar-refractivity contribution in [2.75, 3.05) is 0 Å². The van der Waals surface area contributed by atoms with Gasteiger partial charge in [-0.25, -0.2) is 9.78 Å². The molecular weight excluding hydrogens is 374 g/mol. The largest absolute Gasteiger partial charge is 0.478 e. The fourth-order valence-corrected chi connectivity index (χ4v) is 3.08. The summed E-state index contributed by atoms with van der Waals surface area (Å²) in [5.41, 5.74) is 0.840. The van der Waals surface area contributed by atoms with E-state index in [0.717, 1.165) is 0 Å². The van der Waals surface area contributed by atoms with Gasteiger partial charge < -0.3 is 5.11 Å². The molecule has 4 rings (SSSR count). The number of hydrogen-bond acceptors (Lipinski definition) is 5. The minimum atomic E-state index is -1.08. The van der Waals surface area contributed by atoms with Crippen molar-refractivity contribution in [2.45, 2.75) is 0 Å². The minimum Gasteiger partial charge on any atom is -0.478 e. The molecule has 0 amide bonds. The number of nitro groups is 1. The van der Waals surface area contributed by atoms with Gasteiger partial charge in [0.15, 0.2) is 0 Å². The molecule has 4 aromatic rings. The summed E-state index contributed by atoms with van der Waals surface area (Å²) >= 11 is 0. The second kappa shape index (κ2) is 7.01. The number of nitro benzene ring substituents is 1. The molecule has 0 saturated heterocycles. The third-order valence-corrected chi connectivity index (χ3v) is 4.46. The fourth-order valence-electron chi connectivity index (χ4n) is 3.08. The first-order chi connectivity index (χ1) is 14.0. The van der Waals surface area contributed by atoms with Crippen LogP contribution in [0.2, 0.25) is 0 Å². The van der Waals surface area contributed by atoms with Crippen LogP contribution < -0.4 is 5.56 Å². The van der Waals surface area contributed by atoms with E-state index in [4.69, 9.17) is 5.11 Å². The molecule has 0 saturated carbocycles. The molecule has 0 radical (unpaired) electrons. The second-order valence-electron chi connectivity index (χ2n) is 6.25. The summed E-state index contributed by atoms with van der Waals surface area (Å²) in [6.07, 6.45) is 0. The quantitative estimate of drug-likeness (QED) is 0.422. The molecule has 0 unspecified atom stereocenters. The standard InChI is InChI=1S/C21H13N3O5/c25-20-17-6-1-2-7-18(17)22-19(14-4-3-5-16(12-14)24(28)29)23(20)15-10-8-13(9-11-15)21(26)27/h1-12H,(H,26,27). The van der Waals surface area contributed by atoms with Crippen LogP contribution in [0.25, 0.3) is 28.0 Å². The average molecular weight is 387 g/mol. The Balaban J connectivity index is 2.04. The Bertz CT molecular complexity index is 1330. The molecule has 0 fully saturated rings. The summed E-state index contributed by atoms with van der Waals surface area (Å²) in [6, 6.07) is 18.4. The van der Waals surface area contributed by atoms with Crippen LogP contribution in [0.3, 0.4) is 0 Å². The van der Waals surface area contributed by atoms with E-state index >= 15 is 0 Å². The molecule has 8 heteroatoms. The molecule has 1 aromatic heterocycles. The van der Waals surface area contributed by atoms with Crippen LogP contribution >= 0.6 is 0 Å². The van der Waals surface area contributed by atoms with Gasteiger partial charge in [-0.2, -0.15) is 0 Å². The Hall–Kier alpha value is -4.33. The number of benzene rings is 3. The van der Waals surface area contributed by atoms with Crippen molar-refractivity contribution in [3.8, 4) is 17.1 Å². The molecule has 0 aliphatic heterocycles. The van der Waals surface area contributed by atoms with Crippen molar-refractivity contribution in [1.29, 1.82) is 0 Å². The van der Waals surface area contributed by atoms with Gasteiger partial charge in [-0.05, 0) is 36.4 Å². The van der Waals surface area contributed by atoms with Crippen molar-refractivity contribution >= 4 is 22.6 Å². The number of para-hydroxylation sites is 1. The number of carboxylic acid groups (broad SMARTS) is 1. The van der Waals surface area contributed by atoms with Gasteiger partial charge in [0.1, 0.15) is 5.82 Å². The Morgan fingerprint density at radius 3 is 2.41 bits per heavy atom. The lowest BCUT2D eigenvalue weighted by atomic mass is 10.1. The summed E-state index contributed by atoms with van der Waals surface area (Å²) in [5.74, 6) is -0.861. The predicted molar refractivity (Wildman–Crippen MR) is 106 cm³/mol. The van der Waals surface area contributed by atoms with Crippen LogP contribution in [0.5, 0.6) is 0 Å². The van der Waals surface area contributed by atoms with Crippen LogP contribution in [0.1, 0.15) is 10.4 Å². The zero-order valence-electron chi connectivity index (χ0n) is 14.9. The van der Waals surface area contributed by atoms with E-state index in [1.54, 1.807) is 30.3 Å². The predicted octanol–water partition coefficient (Wildman–Crippen LogP) is 3.66. The van der Waals surface area contributed by atoms with Crippen LogP contribution in [-0.4, -0.2) is 25.6 Å². The van der Waals surface area contributed by atoms with Gasteiger partial charge >= 0.3 is 5.97 Å². The number of rotatable bonds is 4. The smallest absolute Gasteiger partial charge is 0.335 e. The number of hydrogen-bond donors (Lipinski definition) is 1. The number of fused-ring (bicyclic) bond motifs is 1. The highest BCUT2D eigenvalue weighted by Crippen LogP contribution is 2.25. The molecular formula is C21H13N3O5. The maximum atomic E-state index is 13.2. The first-order valence-electron chi connectivity index (χ1n) is 8.56. The lowest BCUT2D eigenvalue weighted by Crippen LogP contribution is -2.22. The second-order valence-corrected chi connectivity index (χ2v) is 6.25. The highest BCUT2D eigenvalue weighted by molar-refractivity contribution is 5.88. The number of carbonyl (C=O) groups is 1. The number of nitrogens with zero attached hydrogens (tertiary/aromatic N) is 3. The van der Waals surface area contributed by atoms with Crippen LogP contribution in [0, 0.1) is 10.1 Å². The Morgan fingerprint density at radius 2 is 1.72 bits per heavy atom. The SMILES string of the molecule is O=C(O)c1ccc(-n2c(-c3cccc([N+](=O)[O-])c3)nc3ccccc3c2=O)cc1. The van der Waals surface area contributed by atoms with Gasteiger partial charge in [0.2, 0.25) is 0 Å². The van der Waals surface area contributed by atoms with Crippen LogP contribution in [0.4, 0.5) is 5.69 Å². The van der Waals surface area contributed by atoms with E-state index in [1.165, 1.54) is 47.0 Å². The van der Waals surface area contributed by atoms with E-state index in [9.17, 15) is 19.7 Å². The molecule has 0 atom stereocenters. The topological polar surface area (TPSA) is 115 Å². The minimum absolute atomic E-state index is 0.0763. The van der Waals surface area contributed by atoms with Crippen molar-refractivity contribution in [2.24, 2.45) is 0 Å². The number of aromatic nitrogens is 2. The van der Waals surface area contributed by atoms with Crippen molar-refractivity contribution in [1.82, 2.24) is 9.55 Å². The third-order valence-electron chi connectivity index (χ3n) is 4.46. The summed E-state index contributed by atoms with van der Waals surface area (Å²) in [4.78, 5) is 39.6. The normalized spacial score (nSPS) is 10.8.